The van der Waals surface area contributed by atoms with Crippen LogP contribution < -0.4 is 29.0 Å². The number of hydrogen-bond acceptors (Lipinski definition) is 14. The highest BCUT2D eigenvalue weighted by Crippen LogP contribution is 2.55. The zero-order chi connectivity index (χ0) is 33.2. The van der Waals surface area contributed by atoms with Crippen LogP contribution in [0.5, 0.6) is 28.7 Å². The first-order valence-corrected chi connectivity index (χ1v) is 15.3. The predicted octanol–water partition coefficient (Wildman–Crippen LogP) is 0.494. The van der Waals surface area contributed by atoms with Crippen molar-refractivity contribution in [2.75, 3.05) is 41.3 Å². The van der Waals surface area contributed by atoms with Crippen molar-refractivity contribution in [3.8, 4) is 28.7 Å². The van der Waals surface area contributed by atoms with E-state index >= 15 is 0 Å². The van der Waals surface area contributed by atoms with Crippen molar-refractivity contribution in [2.45, 2.75) is 61.8 Å². The summed E-state index contributed by atoms with van der Waals surface area (Å²) >= 11 is 0. The van der Waals surface area contributed by atoms with Gasteiger partial charge in [0.25, 0.3) is 0 Å². The molecule has 1 unspecified atom stereocenters. The summed E-state index contributed by atoms with van der Waals surface area (Å²) < 4.78 is 50.4. The highest BCUT2D eigenvalue weighted by molar-refractivity contribution is 5.81. The molecular weight excluding hydrogens is 622 g/mol. The standard InChI is InChI=1S/C32H37NO14/c1-13-42-11-22-29(46-13)27(35)30(36)32(38,47-22)9-23(34)33-26-16-8-19-18(44-12-45-19)7-15(16)24(25-17(26)10-43-31(25)37)14-5-20(39-2)28(41-4)21(6-14)40-3/h5-8,13,17,22,24-27,29-30,35-36,38H,9-12H2,1-4H3,(H,33,34)/t13?,17-,22+,24+,25-,26+,27-,29-,30+,32-/m0/s1. The molecule has 3 fully saturated rings. The van der Waals surface area contributed by atoms with Gasteiger partial charge in [-0.2, -0.15) is 0 Å². The lowest BCUT2D eigenvalue weighted by atomic mass is 9.65. The van der Waals surface area contributed by atoms with Crippen LogP contribution in [-0.4, -0.2) is 105 Å². The van der Waals surface area contributed by atoms with Crippen molar-refractivity contribution in [2.24, 2.45) is 11.8 Å². The lowest BCUT2D eigenvalue weighted by molar-refractivity contribution is -0.388. The summed E-state index contributed by atoms with van der Waals surface area (Å²) in [7, 11) is 4.50. The molecule has 4 N–H and O–H groups in total. The number of benzene rings is 2. The Morgan fingerprint density at radius 2 is 1.66 bits per heavy atom. The highest BCUT2D eigenvalue weighted by Gasteiger charge is 2.57. The fraction of sp³-hybridized carbons (Fsp3) is 0.562. The number of cyclic esters (lactones) is 1. The maximum absolute atomic E-state index is 13.7. The van der Waals surface area contributed by atoms with Gasteiger partial charge in [0.05, 0.1) is 52.9 Å². The van der Waals surface area contributed by atoms with E-state index in [9.17, 15) is 24.9 Å². The number of ether oxygens (including phenoxy) is 9. The maximum atomic E-state index is 13.7. The molecule has 0 bridgehead atoms. The van der Waals surface area contributed by atoms with Crippen molar-refractivity contribution in [1.29, 1.82) is 0 Å². The Morgan fingerprint density at radius 1 is 0.979 bits per heavy atom. The number of fused-ring (bicyclic) bond motifs is 4. The number of nitrogens with one attached hydrogen (secondary N) is 1. The molecule has 15 heteroatoms. The van der Waals surface area contributed by atoms with Crippen LogP contribution in [0.1, 0.15) is 42.0 Å². The summed E-state index contributed by atoms with van der Waals surface area (Å²) in [5, 5.41) is 35.9. The number of esters is 1. The van der Waals surface area contributed by atoms with E-state index in [-0.39, 0.29) is 20.0 Å². The molecule has 7 rings (SSSR count). The average Bonchev–Trinajstić information content (AvgIpc) is 3.68. The predicted molar refractivity (Wildman–Crippen MR) is 156 cm³/mol. The Balaban J connectivity index is 1.25. The van der Waals surface area contributed by atoms with Gasteiger partial charge in [0.15, 0.2) is 29.3 Å². The Bertz CT molecular complexity index is 1540. The molecule has 0 radical (unpaired) electrons. The zero-order valence-electron chi connectivity index (χ0n) is 26.2. The molecule has 254 valence electrons. The van der Waals surface area contributed by atoms with Crippen LogP contribution in [0, 0.1) is 11.8 Å². The minimum atomic E-state index is -2.45. The number of hydrogen-bond donors (Lipinski definition) is 4. The van der Waals surface area contributed by atoms with Crippen molar-refractivity contribution < 1.29 is 67.5 Å². The summed E-state index contributed by atoms with van der Waals surface area (Å²) in [4.78, 5) is 27.2. The molecule has 0 aromatic heterocycles. The third-order valence-electron chi connectivity index (χ3n) is 9.65. The molecule has 4 heterocycles. The van der Waals surface area contributed by atoms with E-state index in [1.54, 1.807) is 31.2 Å². The number of aliphatic hydroxyl groups excluding tert-OH is 2. The van der Waals surface area contributed by atoms with Crippen LogP contribution in [0.25, 0.3) is 0 Å². The molecule has 2 aromatic carbocycles. The van der Waals surface area contributed by atoms with E-state index < -0.39 is 78.6 Å². The topological polar surface area (TPSA) is 190 Å². The van der Waals surface area contributed by atoms with Crippen LogP contribution in [0.2, 0.25) is 0 Å². The lowest BCUT2D eigenvalue weighted by Crippen LogP contribution is -2.68. The van der Waals surface area contributed by atoms with E-state index in [1.807, 2.05) is 0 Å². The van der Waals surface area contributed by atoms with Gasteiger partial charge in [-0.25, -0.2) is 0 Å². The molecule has 0 spiro atoms. The van der Waals surface area contributed by atoms with Crippen molar-refractivity contribution in [1.82, 2.24) is 5.32 Å². The highest BCUT2D eigenvalue weighted by atomic mass is 16.7. The first-order chi connectivity index (χ1) is 22.6. The van der Waals surface area contributed by atoms with E-state index in [0.717, 1.165) is 0 Å². The Labute approximate surface area is 269 Å². The maximum Gasteiger partial charge on any atom is 0.310 e. The number of methoxy groups -OCH3 is 3. The molecule has 0 saturated carbocycles. The van der Waals surface area contributed by atoms with Gasteiger partial charge in [0.2, 0.25) is 24.2 Å². The number of rotatable bonds is 7. The van der Waals surface area contributed by atoms with Crippen LogP contribution in [0.15, 0.2) is 24.3 Å². The SMILES string of the molecule is COc1cc([C@@H]2c3cc4c(cc3[C@@H](NC(=O)C[C@]3(O)O[C@@H]5COC(C)O[C@@H]5[C@H](O)[C@H]3O)[C@H]3COC(=O)[C@H]23)OCO4)cc(OC)c1OC. The quantitative estimate of drug-likeness (QED) is 0.301. The molecule has 15 nitrogen and oxygen atoms in total. The minimum absolute atomic E-state index is 0.00196. The van der Waals surface area contributed by atoms with Crippen LogP contribution in [0.3, 0.4) is 0 Å². The van der Waals surface area contributed by atoms with Gasteiger partial charge >= 0.3 is 5.97 Å². The van der Waals surface area contributed by atoms with Gasteiger partial charge in [0.1, 0.15) is 24.4 Å². The number of aliphatic hydroxyl groups is 3. The van der Waals surface area contributed by atoms with Crippen molar-refractivity contribution >= 4 is 11.9 Å². The second-order valence-electron chi connectivity index (χ2n) is 12.3. The minimum Gasteiger partial charge on any atom is -0.493 e. The van der Waals surface area contributed by atoms with E-state index in [2.05, 4.69) is 5.32 Å². The molecular formula is C32H37NO14. The van der Waals surface area contributed by atoms with Gasteiger partial charge in [-0.15, -0.1) is 0 Å². The van der Waals surface area contributed by atoms with Crippen molar-refractivity contribution in [3.05, 3.63) is 41.0 Å². The van der Waals surface area contributed by atoms with E-state index in [0.29, 0.717) is 45.4 Å². The van der Waals surface area contributed by atoms with Gasteiger partial charge in [-0.1, -0.05) is 0 Å². The summed E-state index contributed by atoms with van der Waals surface area (Å²) in [6, 6.07) is 6.31. The van der Waals surface area contributed by atoms with Crippen LogP contribution >= 0.6 is 0 Å². The molecule has 1 amide bonds. The zero-order valence-corrected chi connectivity index (χ0v) is 26.2. The van der Waals surface area contributed by atoms with E-state index in [4.69, 9.17) is 42.6 Å². The number of carbonyl (C=O) groups excluding carboxylic acids is 2. The fourth-order valence-electron chi connectivity index (χ4n) is 7.48. The first-order valence-electron chi connectivity index (χ1n) is 15.3. The largest absolute Gasteiger partial charge is 0.493 e. The van der Waals surface area contributed by atoms with Gasteiger partial charge in [0, 0.05) is 11.8 Å². The molecule has 1 aliphatic carbocycles. The molecule has 3 saturated heterocycles. The Kier molecular flexibility index (Phi) is 8.09. The monoisotopic (exact) mass is 659 g/mol. The molecule has 5 aliphatic rings. The fourth-order valence-corrected chi connectivity index (χ4v) is 7.48. The smallest absolute Gasteiger partial charge is 0.310 e. The average molecular weight is 660 g/mol. The molecule has 47 heavy (non-hydrogen) atoms. The van der Waals surface area contributed by atoms with Gasteiger partial charge < -0.3 is 63.3 Å². The number of amides is 1. The Morgan fingerprint density at radius 3 is 2.32 bits per heavy atom. The summed E-state index contributed by atoms with van der Waals surface area (Å²) in [6.45, 7) is 1.61. The second kappa shape index (κ2) is 12.0. The summed E-state index contributed by atoms with van der Waals surface area (Å²) in [5.41, 5.74) is 1.99. The molecule has 4 aliphatic heterocycles. The summed E-state index contributed by atoms with van der Waals surface area (Å²) in [6.07, 6.45) is -6.67. The third-order valence-corrected chi connectivity index (χ3v) is 9.65. The van der Waals surface area contributed by atoms with Crippen molar-refractivity contribution in [3.63, 3.8) is 0 Å². The van der Waals surface area contributed by atoms with Gasteiger partial charge in [-0.3, -0.25) is 9.59 Å². The van der Waals surface area contributed by atoms with E-state index in [1.165, 1.54) is 21.3 Å². The van der Waals surface area contributed by atoms with Crippen LogP contribution in [-0.2, 0) is 28.5 Å². The summed E-state index contributed by atoms with van der Waals surface area (Å²) in [5.74, 6) is -3.38. The molecule has 2 aromatic rings. The second-order valence-corrected chi connectivity index (χ2v) is 12.3. The Hall–Kier alpha value is -3.86. The first kappa shape index (κ1) is 31.7. The van der Waals surface area contributed by atoms with Crippen LogP contribution in [0.4, 0.5) is 0 Å². The lowest BCUT2D eigenvalue weighted by Gasteiger charge is -2.49. The normalized spacial score (nSPS) is 35.2. The van der Waals surface area contributed by atoms with Gasteiger partial charge in [-0.05, 0) is 47.9 Å². The number of carbonyl (C=O) groups is 2. The third kappa shape index (κ3) is 5.21. The molecule has 10 atom stereocenters.